The first-order valence-corrected chi connectivity index (χ1v) is 5.79. The minimum atomic E-state index is -0.491. The molecule has 0 radical (unpaired) electrons. The number of ketones is 1. The Labute approximate surface area is 100 Å². The highest BCUT2D eigenvalue weighted by Gasteiger charge is 2.16. The fourth-order valence-corrected chi connectivity index (χ4v) is 2.04. The van der Waals surface area contributed by atoms with Gasteiger partial charge in [-0.05, 0) is 49.5 Å². The van der Waals surface area contributed by atoms with E-state index in [2.05, 4.69) is 0 Å². The average Bonchev–Trinajstić information content (AvgIpc) is 2.39. The lowest BCUT2D eigenvalue weighted by molar-refractivity contribution is 0.102. The van der Waals surface area contributed by atoms with E-state index in [1.165, 1.54) is 19.2 Å². The minimum Gasteiger partial charge on any atom is -0.494 e. The molecule has 17 heavy (non-hydrogen) atoms. The van der Waals surface area contributed by atoms with Crippen LogP contribution in [0.3, 0.4) is 0 Å². The van der Waals surface area contributed by atoms with Crippen LogP contribution in [0.25, 0.3) is 0 Å². The van der Waals surface area contributed by atoms with Crippen molar-refractivity contribution in [2.24, 2.45) is 0 Å². The Morgan fingerprint density at radius 2 is 2.18 bits per heavy atom. The summed E-state index contributed by atoms with van der Waals surface area (Å²) in [6, 6.07) is 4.35. The van der Waals surface area contributed by atoms with Crippen molar-refractivity contribution in [3.8, 4) is 5.75 Å². The Morgan fingerprint density at radius 3 is 2.76 bits per heavy atom. The molecule has 0 saturated carbocycles. The second kappa shape index (κ2) is 5.13. The Kier molecular flexibility index (Phi) is 3.57. The zero-order chi connectivity index (χ0) is 12.3. The van der Waals surface area contributed by atoms with E-state index in [4.69, 9.17) is 4.74 Å². The van der Waals surface area contributed by atoms with Gasteiger partial charge in [0.2, 0.25) is 0 Å². The van der Waals surface area contributed by atoms with Gasteiger partial charge in [0.05, 0.1) is 7.11 Å². The SMILES string of the molecule is COc1ccc(C(=O)C2=CCCCC2)cc1F. The molecule has 0 unspecified atom stereocenters. The summed E-state index contributed by atoms with van der Waals surface area (Å²) in [6.45, 7) is 0. The maximum absolute atomic E-state index is 13.5. The molecule has 0 aliphatic heterocycles. The third kappa shape index (κ3) is 2.54. The van der Waals surface area contributed by atoms with Crippen LogP contribution in [0.15, 0.2) is 29.8 Å². The number of Topliss-reactive ketones (excluding diaryl/α,β-unsaturated/α-hetero) is 1. The van der Waals surface area contributed by atoms with Gasteiger partial charge in [-0.1, -0.05) is 6.08 Å². The number of rotatable bonds is 3. The summed E-state index contributed by atoms with van der Waals surface area (Å²) < 4.78 is 18.3. The lowest BCUT2D eigenvalue weighted by Gasteiger charge is -2.12. The standard InChI is InChI=1S/C14H15FO2/c1-17-13-8-7-11(9-12(13)15)14(16)10-5-3-2-4-6-10/h5,7-9H,2-4,6H2,1H3. The van der Waals surface area contributed by atoms with Crippen LogP contribution in [0.1, 0.15) is 36.0 Å². The van der Waals surface area contributed by atoms with Gasteiger partial charge in [-0.15, -0.1) is 0 Å². The number of methoxy groups -OCH3 is 1. The number of hydrogen-bond acceptors (Lipinski definition) is 2. The van der Waals surface area contributed by atoms with Gasteiger partial charge in [0.1, 0.15) is 0 Å². The molecule has 0 heterocycles. The molecule has 1 aliphatic carbocycles. The quantitative estimate of drug-likeness (QED) is 0.748. The summed E-state index contributed by atoms with van der Waals surface area (Å²) in [7, 11) is 1.41. The van der Waals surface area contributed by atoms with E-state index in [0.29, 0.717) is 5.56 Å². The molecule has 2 nitrogen and oxygen atoms in total. The third-order valence-electron chi connectivity index (χ3n) is 3.00. The van der Waals surface area contributed by atoms with Crippen LogP contribution < -0.4 is 4.74 Å². The summed E-state index contributed by atoms with van der Waals surface area (Å²) in [4.78, 5) is 12.1. The lowest BCUT2D eigenvalue weighted by Crippen LogP contribution is -2.07. The van der Waals surface area contributed by atoms with Crippen LogP contribution in [0, 0.1) is 5.82 Å². The van der Waals surface area contributed by atoms with Gasteiger partial charge in [-0.25, -0.2) is 4.39 Å². The first-order valence-electron chi connectivity index (χ1n) is 5.79. The van der Waals surface area contributed by atoms with Crippen molar-refractivity contribution >= 4 is 5.78 Å². The van der Waals surface area contributed by atoms with E-state index < -0.39 is 5.82 Å². The molecule has 0 N–H and O–H groups in total. The first-order chi connectivity index (χ1) is 8.22. The fourth-order valence-electron chi connectivity index (χ4n) is 2.04. The van der Waals surface area contributed by atoms with Gasteiger partial charge in [0.15, 0.2) is 17.3 Å². The average molecular weight is 234 g/mol. The van der Waals surface area contributed by atoms with Crippen molar-refractivity contribution in [3.05, 3.63) is 41.2 Å². The van der Waals surface area contributed by atoms with Crippen molar-refractivity contribution in [1.29, 1.82) is 0 Å². The highest BCUT2D eigenvalue weighted by molar-refractivity contribution is 6.08. The van der Waals surface area contributed by atoms with Crippen molar-refractivity contribution in [2.75, 3.05) is 7.11 Å². The van der Waals surface area contributed by atoms with Crippen molar-refractivity contribution in [3.63, 3.8) is 0 Å². The van der Waals surface area contributed by atoms with Gasteiger partial charge in [0, 0.05) is 5.56 Å². The Hall–Kier alpha value is -1.64. The summed E-state index contributed by atoms with van der Waals surface area (Å²) >= 11 is 0. The fraction of sp³-hybridized carbons (Fsp3) is 0.357. The molecule has 0 aromatic heterocycles. The second-order valence-electron chi connectivity index (χ2n) is 4.15. The third-order valence-corrected chi connectivity index (χ3v) is 3.00. The van der Waals surface area contributed by atoms with Gasteiger partial charge < -0.3 is 4.74 Å². The van der Waals surface area contributed by atoms with Gasteiger partial charge in [0.25, 0.3) is 0 Å². The van der Waals surface area contributed by atoms with Crippen LogP contribution in [-0.4, -0.2) is 12.9 Å². The highest BCUT2D eigenvalue weighted by atomic mass is 19.1. The number of allylic oxidation sites excluding steroid dienone is 2. The van der Waals surface area contributed by atoms with Gasteiger partial charge in [-0.2, -0.15) is 0 Å². The molecule has 0 amide bonds. The Bertz CT molecular complexity index is 463. The first kappa shape index (κ1) is 11.8. The predicted molar refractivity (Wildman–Crippen MR) is 63.8 cm³/mol. The summed E-state index contributed by atoms with van der Waals surface area (Å²) in [6.07, 6.45) is 5.88. The topological polar surface area (TPSA) is 26.3 Å². The normalized spacial score (nSPS) is 15.3. The maximum atomic E-state index is 13.5. The molecule has 0 atom stereocenters. The van der Waals surface area contributed by atoms with Crippen LogP contribution in [0.2, 0.25) is 0 Å². The molecule has 2 rings (SSSR count). The van der Waals surface area contributed by atoms with E-state index in [-0.39, 0.29) is 11.5 Å². The van der Waals surface area contributed by atoms with E-state index in [1.807, 2.05) is 6.08 Å². The van der Waals surface area contributed by atoms with E-state index in [9.17, 15) is 9.18 Å². The Balaban J connectivity index is 2.25. The maximum Gasteiger partial charge on any atom is 0.188 e. The molecular formula is C14H15FO2. The smallest absolute Gasteiger partial charge is 0.188 e. The molecule has 0 saturated heterocycles. The van der Waals surface area contributed by atoms with E-state index in [1.54, 1.807) is 6.07 Å². The van der Waals surface area contributed by atoms with Crippen molar-refractivity contribution in [1.82, 2.24) is 0 Å². The largest absolute Gasteiger partial charge is 0.494 e. The molecule has 3 heteroatoms. The second-order valence-corrected chi connectivity index (χ2v) is 4.15. The molecule has 1 aromatic carbocycles. The van der Waals surface area contributed by atoms with Gasteiger partial charge >= 0.3 is 0 Å². The zero-order valence-electron chi connectivity index (χ0n) is 9.83. The molecule has 0 fully saturated rings. The number of carbonyl (C=O) groups excluding carboxylic acids is 1. The van der Waals surface area contributed by atoms with Crippen molar-refractivity contribution < 1.29 is 13.9 Å². The molecule has 1 aromatic rings. The number of benzene rings is 1. The van der Waals surface area contributed by atoms with Crippen LogP contribution in [0.5, 0.6) is 5.75 Å². The molecule has 90 valence electrons. The number of halogens is 1. The summed E-state index contributed by atoms with van der Waals surface area (Å²) in [5, 5.41) is 0. The number of hydrogen-bond donors (Lipinski definition) is 0. The van der Waals surface area contributed by atoms with Crippen LogP contribution in [0.4, 0.5) is 4.39 Å². The van der Waals surface area contributed by atoms with Crippen LogP contribution >= 0.6 is 0 Å². The lowest BCUT2D eigenvalue weighted by atomic mass is 9.93. The molecular weight excluding hydrogens is 219 g/mol. The predicted octanol–water partition coefficient (Wildman–Crippen LogP) is 3.52. The highest BCUT2D eigenvalue weighted by Crippen LogP contribution is 2.24. The monoisotopic (exact) mass is 234 g/mol. The van der Waals surface area contributed by atoms with Gasteiger partial charge in [-0.3, -0.25) is 4.79 Å². The van der Waals surface area contributed by atoms with E-state index >= 15 is 0 Å². The number of ether oxygens (including phenoxy) is 1. The molecule has 0 bridgehead atoms. The summed E-state index contributed by atoms with van der Waals surface area (Å²) in [5.41, 5.74) is 1.21. The molecule has 1 aliphatic rings. The summed E-state index contributed by atoms with van der Waals surface area (Å²) in [5.74, 6) is -0.389. The minimum absolute atomic E-state index is 0.0637. The van der Waals surface area contributed by atoms with Crippen LogP contribution in [-0.2, 0) is 0 Å². The number of carbonyl (C=O) groups is 1. The van der Waals surface area contributed by atoms with E-state index in [0.717, 1.165) is 31.3 Å². The van der Waals surface area contributed by atoms with Crippen molar-refractivity contribution in [2.45, 2.75) is 25.7 Å². The Morgan fingerprint density at radius 1 is 1.35 bits per heavy atom. The zero-order valence-corrected chi connectivity index (χ0v) is 9.83. The molecule has 0 spiro atoms.